The molecule has 0 amide bonds. The lowest BCUT2D eigenvalue weighted by molar-refractivity contribution is -0.112. The Bertz CT molecular complexity index is 3910. The van der Waals surface area contributed by atoms with Crippen molar-refractivity contribution in [1.82, 2.24) is 74.2 Å². The molecule has 6 fully saturated rings. The van der Waals surface area contributed by atoms with Crippen LogP contribution in [0.3, 0.4) is 0 Å². The van der Waals surface area contributed by atoms with Gasteiger partial charge in [0.15, 0.2) is 6.29 Å². The molecule has 5 atom stereocenters. The van der Waals surface area contributed by atoms with Crippen LogP contribution < -0.4 is 0 Å². The second-order valence-corrected chi connectivity index (χ2v) is 56.7. The zero-order chi connectivity index (χ0) is 110. The highest BCUT2D eigenvalue weighted by Crippen LogP contribution is 2.41. The molecule has 10 aliphatic heterocycles. The van der Waals surface area contributed by atoms with Gasteiger partial charge in [-0.05, 0) is 179 Å². The Hall–Kier alpha value is -6.99. The number of hydrogen-bond donors (Lipinski definition) is 0. The van der Waals surface area contributed by atoms with Crippen LogP contribution in [0, 0.1) is 66.0 Å². The average Bonchev–Trinajstić information content (AvgIpc) is 1.86. The van der Waals surface area contributed by atoms with Crippen LogP contribution in [-0.4, -0.2) is 218 Å². The highest BCUT2D eigenvalue weighted by Gasteiger charge is 2.35. The van der Waals surface area contributed by atoms with Gasteiger partial charge in [-0.15, -0.1) is 15.3 Å². The molecule has 5 unspecified atom stereocenters. The molecule has 0 bridgehead atoms. The first kappa shape index (κ1) is 135. The Morgan fingerprint density at radius 1 is 0.458 bits per heavy atom. The van der Waals surface area contributed by atoms with Crippen LogP contribution in [0.2, 0.25) is 0 Å². The lowest BCUT2D eigenvalue weighted by Gasteiger charge is -2.25. The van der Waals surface area contributed by atoms with Crippen LogP contribution in [-0.2, 0) is 61.3 Å². The molecule has 0 aliphatic carbocycles. The number of allylic oxidation sites excluding steroid dienone is 1. The summed E-state index contributed by atoms with van der Waals surface area (Å²) in [6.07, 6.45) is 28.0. The van der Waals surface area contributed by atoms with Crippen LogP contribution in [0.1, 0.15) is 388 Å². The van der Waals surface area contributed by atoms with Crippen molar-refractivity contribution in [2.75, 3.05) is 89.9 Å². The van der Waals surface area contributed by atoms with Gasteiger partial charge in [-0.25, -0.2) is 33.6 Å². The maximum atomic E-state index is 5.52. The molecule has 0 spiro atoms. The lowest BCUT2D eigenvalue weighted by Crippen LogP contribution is -2.27. The number of ether oxygens (including phenoxy) is 6. The summed E-state index contributed by atoms with van der Waals surface area (Å²) >= 11 is 5.52. The third kappa shape index (κ3) is 60.0. The maximum absolute atomic E-state index is 5.52. The minimum Gasteiger partial charge on any atom is -0.381 e. The monoisotopic (exact) mass is 2070 g/mol. The predicted molar refractivity (Wildman–Crippen MR) is 601 cm³/mol. The van der Waals surface area contributed by atoms with Gasteiger partial charge >= 0.3 is 0 Å². The maximum Gasteiger partial charge on any atom is 0.162 e. The minimum absolute atomic E-state index is 0.00347. The number of azo groups is 1. The number of hydrogen-bond acceptors (Lipinski definition) is 32. The molecule has 6 aromatic heterocycles. The van der Waals surface area contributed by atoms with Gasteiger partial charge in [0, 0.05) is 92.6 Å². The molecule has 6 aromatic rings. The average molecular weight is 2070 g/mol. The van der Waals surface area contributed by atoms with Crippen LogP contribution >= 0.6 is 35.3 Å². The number of aromatic nitrogens is 15. The van der Waals surface area contributed by atoms with E-state index in [2.05, 4.69) is 452 Å². The molecule has 0 radical (unpaired) electrons. The summed E-state index contributed by atoms with van der Waals surface area (Å²) in [5, 5.41) is 53.1. The van der Waals surface area contributed by atoms with Crippen molar-refractivity contribution >= 4 is 65.1 Å². The van der Waals surface area contributed by atoms with E-state index in [-0.39, 0.29) is 77.7 Å². The molecule has 144 heavy (non-hydrogen) atoms. The summed E-state index contributed by atoms with van der Waals surface area (Å²) in [5.74, 6) is 7.85. The largest absolute Gasteiger partial charge is 0.381 e. The number of amidine groups is 1. The molecular formula is C109H202N24O8S3. The van der Waals surface area contributed by atoms with Crippen molar-refractivity contribution in [2.24, 2.45) is 112 Å². The van der Waals surface area contributed by atoms with Crippen molar-refractivity contribution < 1.29 is 37.6 Å². The molecule has 0 saturated carbocycles. The van der Waals surface area contributed by atoms with E-state index < -0.39 is 0 Å². The minimum atomic E-state index is 0.00347. The Morgan fingerprint density at radius 3 is 1.29 bits per heavy atom. The molecule has 6 saturated heterocycles. The van der Waals surface area contributed by atoms with Crippen LogP contribution in [0.4, 0.5) is 0 Å². The number of thioether (sulfide) groups is 2. The van der Waals surface area contributed by atoms with Crippen molar-refractivity contribution in [1.29, 1.82) is 0 Å². The van der Waals surface area contributed by atoms with Gasteiger partial charge in [0.1, 0.15) is 55.9 Å². The highest BCUT2D eigenvalue weighted by atomic mass is 32.2. The summed E-state index contributed by atoms with van der Waals surface area (Å²) in [4.78, 5) is 20.3. The van der Waals surface area contributed by atoms with Gasteiger partial charge < -0.3 is 32.9 Å². The van der Waals surface area contributed by atoms with Gasteiger partial charge in [0.25, 0.3) is 0 Å². The normalized spacial score (nSPS) is 19.5. The van der Waals surface area contributed by atoms with E-state index in [0.717, 1.165) is 111 Å². The van der Waals surface area contributed by atoms with E-state index >= 15 is 0 Å². The third-order valence-electron chi connectivity index (χ3n) is 22.9. The molecule has 10 aliphatic rings. The van der Waals surface area contributed by atoms with Crippen molar-refractivity contribution in [3.63, 3.8) is 0 Å². The second kappa shape index (κ2) is 61.4. The first-order valence-corrected chi connectivity index (χ1v) is 54.5. The number of nitrogens with zero attached hydrogens (tertiary/aromatic N) is 24. The fraction of sp³-hybridized carbons (Fsp3) is 0.826. The van der Waals surface area contributed by atoms with E-state index in [1.165, 1.54) is 73.2 Å². The number of tetrazole rings is 1. The molecule has 0 N–H and O–H groups in total. The SMILES string of the molecule is CC(C)(C)C1=CCN=N1.CC(C)(C)C1=NC=NC1.CC(C)(C)C1=NCC=N1.CC(C)(C)C1=NN=NC1.CC(C)(C)C1CCCO1.CC(C)(C)C1CCCS1.CC(C)(C)C1CCOC1.CC(C)(C)C1CCSC1.CC(C)(C)C1COCO1.CC(C)(C)C1OCCO1.CC(C)(C)c1ccno1.CC(C)(C)c1cnon1.CC(C)(C)c1cnsn1.CC(C)(C)n1ccnn1.CC(C)(C)n1cncn1.CC(C)(C)n1cnnn1. The fourth-order valence-electron chi connectivity index (χ4n) is 12.6. The molecule has 16 heterocycles. The van der Waals surface area contributed by atoms with Crippen LogP contribution in [0.5, 0.6) is 0 Å². The predicted octanol–water partition coefficient (Wildman–Crippen LogP) is 27.7. The highest BCUT2D eigenvalue weighted by molar-refractivity contribution is 8.00. The van der Waals surface area contributed by atoms with E-state index in [0.29, 0.717) is 41.1 Å². The fourth-order valence-corrected chi connectivity index (χ4v) is 16.2. The zero-order valence-corrected chi connectivity index (χ0v) is 102. The topological polar surface area (TPSA) is 362 Å². The third-order valence-corrected chi connectivity index (χ3v) is 26.5. The number of aliphatic imine (C=N–C) groups is 4. The number of rotatable bonds is 0. The van der Waals surface area contributed by atoms with Crippen molar-refractivity contribution in [2.45, 2.75) is 427 Å². The van der Waals surface area contributed by atoms with Gasteiger partial charge in [-0.2, -0.15) is 52.7 Å². The lowest BCUT2D eigenvalue weighted by atomic mass is 9.80. The first-order chi connectivity index (χ1) is 65.7. The van der Waals surface area contributed by atoms with Crippen molar-refractivity contribution in [3.05, 3.63) is 85.0 Å². The molecule has 35 heteroatoms. The van der Waals surface area contributed by atoms with E-state index in [9.17, 15) is 0 Å². The Morgan fingerprint density at radius 2 is 1.07 bits per heavy atom. The van der Waals surface area contributed by atoms with Gasteiger partial charge in [-0.1, -0.05) is 291 Å². The molecule has 16 rings (SSSR count). The summed E-state index contributed by atoms with van der Waals surface area (Å²) in [6.45, 7) is 112. The van der Waals surface area contributed by atoms with Crippen LogP contribution in [0.15, 0.2) is 123 Å². The Kier molecular flexibility index (Phi) is 57.5. The second-order valence-electron chi connectivity index (χ2n) is 53.7. The smallest absolute Gasteiger partial charge is 0.162 e. The molecular weight excluding hydrogens is 1870 g/mol. The summed E-state index contributed by atoms with van der Waals surface area (Å²) in [5.41, 5.74) is 8.72. The van der Waals surface area contributed by atoms with E-state index in [4.69, 9.17) is 32.9 Å². The van der Waals surface area contributed by atoms with Gasteiger partial charge in [0.05, 0.1) is 122 Å². The Balaban J connectivity index is 0.000000768. The summed E-state index contributed by atoms with van der Waals surface area (Å²) in [6, 6.07) is 1.89. The molecule has 32 nitrogen and oxygen atoms in total. The standard InChI is InChI=1S/2C8H16O.2C8H16S.3C7H12N2.C7H11NO.2C7H14O2.3C6H11N3.C6H10N2O.C6H10N2S.C5H10N4/c1-8(2,3)7-4-5-9-6-7;1-8(2,3)7-5-4-6-9-7;1-8(2,3)7-4-5-9-6-7;1-8(2,3)7-5-4-6-9-7;1-7(2,3)6-4-8-5-9-6;1-7(2,3)6-8-4-5-9-6;2*1-7(2,3)6-4-5-8-9-6;1-7(2,3)6-4-8-5-9-6;1-7(2,3)6-8-4-5-9-6;1-6(2,3)9-5-7-4-8-9;1-6(2,3)9-5-4-7-8-9;3*1-6(2,3)5-4-7-9-8-5;1-5(2,3)9-4-6-7-8-9/h4*7H,4-6H2,1-3H3;5H,4H2,1-3H3;2*4H,5H2,1-3H3;4-5H,1-3H3;2*6H,4-5H2,1-3H3;2*4-5H,1-3H3;4H2,1-3H3;3*4H,1-3H3. The van der Waals surface area contributed by atoms with Gasteiger partial charge in [0.2, 0.25) is 0 Å². The quantitative estimate of drug-likeness (QED) is 0.136. The summed E-state index contributed by atoms with van der Waals surface area (Å²) in [7, 11) is 0. The van der Waals surface area contributed by atoms with Crippen LogP contribution in [0.25, 0.3) is 0 Å². The molecule has 0 aromatic carbocycles. The van der Waals surface area contributed by atoms with E-state index in [1.807, 2.05) is 54.8 Å². The first-order valence-electron chi connectivity index (χ1n) is 51.6. The van der Waals surface area contributed by atoms with Gasteiger partial charge in [-0.3, -0.25) is 9.98 Å². The zero-order valence-electron chi connectivity index (χ0n) is 99.3. The van der Waals surface area contributed by atoms with E-state index in [1.54, 1.807) is 48.6 Å². The Labute approximate surface area is 885 Å². The van der Waals surface area contributed by atoms with Crippen molar-refractivity contribution in [3.8, 4) is 0 Å². The summed E-state index contributed by atoms with van der Waals surface area (Å²) < 4.78 is 54.5. The molecule has 824 valence electrons.